The summed E-state index contributed by atoms with van der Waals surface area (Å²) in [6.45, 7) is 0. The first-order chi connectivity index (χ1) is 11.2. The van der Waals surface area contributed by atoms with Crippen LogP contribution in [0, 0.1) is 0 Å². The summed E-state index contributed by atoms with van der Waals surface area (Å²) in [7, 11) is 0. The van der Waals surface area contributed by atoms with Gasteiger partial charge in [-0.1, -0.05) is 66.7 Å². The lowest BCUT2D eigenvalue weighted by molar-refractivity contribution is 0.0703. The first-order valence-corrected chi connectivity index (χ1v) is 7.50. The number of rotatable bonds is 2. The summed E-state index contributed by atoms with van der Waals surface area (Å²) >= 11 is 0. The molecule has 0 unspecified atom stereocenters. The highest BCUT2D eigenvalue weighted by Crippen LogP contribution is 2.44. The van der Waals surface area contributed by atoms with E-state index in [-0.39, 0.29) is 5.91 Å². The van der Waals surface area contributed by atoms with Gasteiger partial charge in [-0.25, -0.2) is 0 Å². The minimum atomic E-state index is -1.50. The lowest BCUT2D eigenvalue weighted by Crippen LogP contribution is -2.45. The SMILES string of the molecule is O=C1c2ccccc2[C@](O)(c2ccccc2)N1c1ccccc1. The van der Waals surface area contributed by atoms with Crippen molar-refractivity contribution < 1.29 is 9.90 Å². The molecule has 1 atom stereocenters. The number of hydrogen-bond donors (Lipinski definition) is 1. The van der Waals surface area contributed by atoms with Crippen LogP contribution in [0.25, 0.3) is 0 Å². The lowest BCUT2D eigenvalue weighted by Gasteiger charge is -2.34. The average Bonchev–Trinajstić information content (AvgIpc) is 2.86. The van der Waals surface area contributed by atoms with E-state index in [1.165, 1.54) is 4.90 Å². The topological polar surface area (TPSA) is 40.5 Å². The zero-order chi connectivity index (χ0) is 15.9. The number of nitrogens with zero attached hydrogens (tertiary/aromatic N) is 1. The molecule has 0 aromatic heterocycles. The Bertz CT molecular complexity index is 861. The minimum absolute atomic E-state index is 0.196. The van der Waals surface area contributed by atoms with E-state index in [0.717, 1.165) is 0 Å². The van der Waals surface area contributed by atoms with Crippen molar-refractivity contribution in [2.45, 2.75) is 5.72 Å². The summed E-state index contributed by atoms with van der Waals surface area (Å²) in [6, 6.07) is 25.8. The Kier molecular flexibility index (Phi) is 3.03. The second kappa shape index (κ2) is 5.07. The third-order valence-corrected chi connectivity index (χ3v) is 4.25. The molecule has 0 saturated carbocycles. The van der Waals surface area contributed by atoms with E-state index in [9.17, 15) is 9.90 Å². The van der Waals surface area contributed by atoms with Gasteiger partial charge >= 0.3 is 0 Å². The molecule has 112 valence electrons. The highest BCUT2D eigenvalue weighted by molar-refractivity contribution is 6.12. The van der Waals surface area contributed by atoms with Gasteiger partial charge in [0.2, 0.25) is 0 Å². The Hall–Kier alpha value is -2.91. The zero-order valence-electron chi connectivity index (χ0n) is 12.4. The lowest BCUT2D eigenvalue weighted by atomic mass is 9.93. The number of benzene rings is 3. The van der Waals surface area contributed by atoms with Crippen LogP contribution in [0.4, 0.5) is 5.69 Å². The number of aliphatic hydroxyl groups is 1. The van der Waals surface area contributed by atoms with Crippen LogP contribution < -0.4 is 4.90 Å². The Morgan fingerprint density at radius 1 is 0.739 bits per heavy atom. The van der Waals surface area contributed by atoms with Gasteiger partial charge in [0.25, 0.3) is 5.91 Å². The molecule has 0 bridgehead atoms. The molecule has 3 aromatic carbocycles. The summed E-state index contributed by atoms with van der Waals surface area (Å²) in [6.07, 6.45) is 0. The average molecular weight is 301 g/mol. The standard InChI is InChI=1S/C20H15NO2/c22-19-17-13-7-8-14-18(17)20(23,15-9-3-1-4-10-15)21(19)16-11-5-2-6-12-16/h1-14,23H/t20-/m1/s1. The van der Waals surface area contributed by atoms with Crippen molar-refractivity contribution in [2.24, 2.45) is 0 Å². The third kappa shape index (κ3) is 1.91. The second-order valence-electron chi connectivity index (χ2n) is 5.56. The van der Waals surface area contributed by atoms with Crippen molar-refractivity contribution >= 4 is 11.6 Å². The highest BCUT2D eigenvalue weighted by atomic mass is 16.3. The van der Waals surface area contributed by atoms with Crippen molar-refractivity contribution in [2.75, 3.05) is 4.90 Å². The van der Waals surface area contributed by atoms with E-state index in [2.05, 4.69) is 0 Å². The van der Waals surface area contributed by atoms with Crippen LogP contribution in [0.1, 0.15) is 21.5 Å². The van der Waals surface area contributed by atoms with Gasteiger partial charge in [-0.15, -0.1) is 0 Å². The molecule has 1 aliphatic heterocycles. The summed E-state index contributed by atoms with van der Waals surface area (Å²) < 4.78 is 0. The maximum absolute atomic E-state index is 13.0. The van der Waals surface area contributed by atoms with Crippen molar-refractivity contribution in [3.8, 4) is 0 Å². The molecule has 0 spiro atoms. The predicted molar refractivity (Wildman–Crippen MR) is 89.1 cm³/mol. The Morgan fingerprint density at radius 2 is 1.30 bits per heavy atom. The third-order valence-electron chi connectivity index (χ3n) is 4.25. The van der Waals surface area contributed by atoms with E-state index in [0.29, 0.717) is 22.4 Å². The Balaban J connectivity index is 2.01. The van der Waals surface area contributed by atoms with Crippen molar-refractivity contribution in [1.82, 2.24) is 0 Å². The molecule has 4 rings (SSSR count). The first kappa shape index (κ1) is 13.7. The molecule has 1 N–H and O–H groups in total. The quantitative estimate of drug-likeness (QED) is 0.786. The molecular formula is C20H15NO2. The predicted octanol–water partition coefficient (Wildman–Crippen LogP) is 3.54. The van der Waals surface area contributed by atoms with Crippen LogP contribution in [0.5, 0.6) is 0 Å². The fraction of sp³-hybridized carbons (Fsp3) is 0.0500. The normalized spacial score (nSPS) is 19.7. The molecule has 0 fully saturated rings. The molecule has 1 amide bonds. The Morgan fingerprint density at radius 3 is 2.00 bits per heavy atom. The van der Waals surface area contributed by atoms with Crippen molar-refractivity contribution in [3.63, 3.8) is 0 Å². The maximum Gasteiger partial charge on any atom is 0.261 e. The van der Waals surface area contributed by atoms with E-state index < -0.39 is 5.72 Å². The molecule has 1 aliphatic rings. The zero-order valence-corrected chi connectivity index (χ0v) is 12.4. The number of carbonyl (C=O) groups is 1. The number of carbonyl (C=O) groups excluding carboxylic acids is 1. The molecule has 3 nitrogen and oxygen atoms in total. The molecule has 3 heteroatoms. The van der Waals surface area contributed by atoms with Gasteiger partial charge in [0.05, 0.1) is 0 Å². The largest absolute Gasteiger partial charge is 0.363 e. The Labute approximate surface area is 134 Å². The highest BCUT2D eigenvalue weighted by Gasteiger charge is 2.50. The van der Waals surface area contributed by atoms with Gasteiger partial charge in [-0.05, 0) is 18.2 Å². The molecule has 0 saturated heterocycles. The van der Waals surface area contributed by atoms with E-state index in [4.69, 9.17) is 0 Å². The number of hydrogen-bond acceptors (Lipinski definition) is 2. The van der Waals surface area contributed by atoms with Crippen LogP contribution in [-0.2, 0) is 5.72 Å². The molecule has 1 heterocycles. The second-order valence-corrected chi connectivity index (χ2v) is 5.56. The molecule has 23 heavy (non-hydrogen) atoms. The number of fused-ring (bicyclic) bond motifs is 1. The van der Waals surface area contributed by atoms with Crippen LogP contribution in [-0.4, -0.2) is 11.0 Å². The van der Waals surface area contributed by atoms with Gasteiger partial charge < -0.3 is 5.11 Å². The number of anilines is 1. The van der Waals surface area contributed by atoms with Gasteiger partial charge in [-0.2, -0.15) is 0 Å². The molecule has 3 aromatic rings. The maximum atomic E-state index is 13.0. The van der Waals surface area contributed by atoms with E-state index in [1.807, 2.05) is 78.9 Å². The van der Waals surface area contributed by atoms with Gasteiger partial charge in [0, 0.05) is 22.4 Å². The van der Waals surface area contributed by atoms with E-state index >= 15 is 0 Å². The fourth-order valence-corrected chi connectivity index (χ4v) is 3.20. The van der Waals surface area contributed by atoms with E-state index in [1.54, 1.807) is 6.07 Å². The summed E-state index contributed by atoms with van der Waals surface area (Å²) in [5.41, 5.74) is 0.973. The van der Waals surface area contributed by atoms with Crippen LogP contribution in [0.2, 0.25) is 0 Å². The van der Waals surface area contributed by atoms with Crippen LogP contribution >= 0.6 is 0 Å². The molecule has 0 aliphatic carbocycles. The fourth-order valence-electron chi connectivity index (χ4n) is 3.20. The van der Waals surface area contributed by atoms with Crippen molar-refractivity contribution in [3.05, 3.63) is 102 Å². The van der Waals surface area contributed by atoms with Gasteiger partial charge in [-0.3, -0.25) is 9.69 Å². The van der Waals surface area contributed by atoms with Crippen LogP contribution in [0.3, 0.4) is 0 Å². The van der Waals surface area contributed by atoms with Crippen LogP contribution in [0.15, 0.2) is 84.9 Å². The van der Waals surface area contributed by atoms with Gasteiger partial charge in [0.1, 0.15) is 0 Å². The summed E-state index contributed by atoms with van der Waals surface area (Å²) in [4.78, 5) is 14.4. The number of para-hydroxylation sites is 1. The van der Waals surface area contributed by atoms with Gasteiger partial charge in [0.15, 0.2) is 5.72 Å². The summed E-state index contributed by atoms with van der Waals surface area (Å²) in [5, 5.41) is 11.6. The van der Waals surface area contributed by atoms with Crippen molar-refractivity contribution in [1.29, 1.82) is 0 Å². The molecule has 0 radical (unpaired) electrons. The monoisotopic (exact) mass is 301 g/mol. The first-order valence-electron chi connectivity index (χ1n) is 7.50. The smallest absolute Gasteiger partial charge is 0.261 e. The minimum Gasteiger partial charge on any atom is -0.363 e. The molecular weight excluding hydrogens is 286 g/mol. The number of amides is 1. The summed E-state index contributed by atoms with van der Waals surface area (Å²) in [5.74, 6) is -0.196.